The first-order valence-electron chi connectivity index (χ1n) is 10.4. The highest BCUT2D eigenvalue weighted by Crippen LogP contribution is 2.16. The minimum absolute atomic E-state index is 0. The molecule has 2 N–H and O–H groups in total. The van der Waals surface area contributed by atoms with Crippen LogP contribution in [0, 0.1) is 0 Å². The van der Waals surface area contributed by atoms with Crippen LogP contribution in [0.1, 0.15) is 29.8 Å². The zero-order chi connectivity index (χ0) is 20.5. The van der Waals surface area contributed by atoms with Gasteiger partial charge in [-0.15, -0.1) is 24.0 Å². The number of amides is 1. The summed E-state index contributed by atoms with van der Waals surface area (Å²) in [6, 6.07) is 18.2. The number of para-hydroxylation sites is 1. The van der Waals surface area contributed by atoms with Gasteiger partial charge in [-0.1, -0.05) is 30.3 Å². The third-order valence-corrected chi connectivity index (χ3v) is 4.97. The van der Waals surface area contributed by atoms with E-state index in [1.165, 1.54) is 5.69 Å². The average molecular weight is 521 g/mol. The topological polar surface area (TPSA) is 60.0 Å². The lowest BCUT2D eigenvalue weighted by atomic mass is 10.1. The Morgan fingerprint density at radius 1 is 0.933 bits per heavy atom. The predicted octanol–water partition coefficient (Wildman–Crippen LogP) is 3.34. The monoisotopic (exact) mass is 521 g/mol. The van der Waals surface area contributed by atoms with Crippen molar-refractivity contribution in [3.8, 4) is 0 Å². The Morgan fingerprint density at radius 2 is 1.63 bits per heavy atom. The van der Waals surface area contributed by atoms with E-state index in [9.17, 15) is 4.79 Å². The summed E-state index contributed by atoms with van der Waals surface area (Å²) in [6.07, 6.45) is 0. The Labute approximate surface area is 196 Å². The molecule has 0 aromatic heterocycles. The van der Waals surface area contributed by atoms with E-state index >= 15 is 0 Å². The van der Waals surface area contributed by atoms with E-state index in [0.29, 0.717) is 18.7 Å². The van der Waals surface area contributed by atoms with Crippen LogP contribution < -0.4 is 15.5 Å². The highest BCUT2D eigenvalue weighted by Gasteiger charge is 2.19. The molecular formula is C23H32IN5O. The molecule has 7 heteroatoms. The Bertz CT molecular complexity index is 819. The fraction of sp³-hybridized carbons (Fsp3) is 0.391. The molecule has 3 rings (SSSR count). The van der Waals surface area contributed by atoms with Crippen LogP contribution in [0.15, 0.2) is 59.6 Å². The number of guanidine groups is 1. The Balaban J connectivity index is 0.00000320. The molecule has 0 atom stereocenters. The summed E-state index contributed by atoms with van der Waals surface area (Å²) in [6.45, 7) is 9.82. The quantitative estimate of drug-likeness (QED) is 0.348. The van der Waals surface area contributed by atoms with Crippen molar-refractivity contribution in [3.63, 3.8) is 0 Å². The van der Waals surface area contributed by atoms with Gasteiger partial charge in [0.15, 0.2) is 5.96 Å². The summed E-state index contributed by atoms with van der Waals surface area (Å²) in [5.74, 6) is 0.894. The van der Waals surface area contributed by atoms with Gasteiger partial charge in [-0.05, 0) is 43.7 Å². The van der Waals surface area contributed by atoms with Crippen LogP contribution in [-0.4, -0.2) is 56.0 Å². The van der Waals surface area contributed by atoms with Crippen LogP contribution in [-0.2, 0) is 6.54 Å². The molecule has 0 unspecified atom stereocenters. The van der Waals surface area contributed by atoms with Crippen molar-refractivity contribution in [3.05, 3.63) is 65.7 Å². The summed E-state index contributed by atoms with van der Waals surface area (Å²) in [7, 11) is 0. The number of nitrogens with zero attached hydrogens (tertiary/aromatic N) is 3. The van der Waals surface area contributed by atoms with E-state index < -0.39 is 0 Å². The van der Waals surface area contributed by atoms with Gasteiger partial charge in [0.2, 0.25) is 0 Å². The zero-order valence-corrected chi connectivity index (χ0v) is 20.1. The van der Waals surface area contributed by atoms with Gasteiger partial charge in [-0.2, -0.15) is 0 Å². The summed E-state index contributed by atoms with van der Waals surface area (Å²) in [4.78, 5) is 21.6. The number of carbonyl (C=O) groups excluding carboxylic acids is 1. The summed E-state index contributed by atoms with van der Waals surface area (Å²) in [5.41, 5.74) is 2.99. The number of aliphatic imine (C=N–C) groups is 1. The molecule has 1 aliphatic heterocycles. The van der Waals surface area contributed by atoms with Crippen molar-refractivity contribution in [2.75, 3.05) is 44.2 Å². The maximum Gasteiger partial charge on any atom is 0.251 e. The molecule has 0 aliphatic carbocycles. The third-order valence-electron chi connectivity index (χ3n) is 4.97. The van der Waals surface area contributed by atoms with Crippen molar-refractivity contribution in [2.24, 2.45) is 4.99 Å². The second-order valence-corrected chi connectivity index (χ2v) is 7.04. The van der Waals surface area contributed by atoms with Gasteiger partial charge < -0.3 is 20.4 Å². The molecule has 0 radical (unpaired) electrons. The fourth-order valence-corrected chi connectivity index (χ4v) is 3.48. The van der Waals surface area contributed by atoms with E-state index in [-0.39, 0.29) is 29.9 Å². The van der Waals surface area contributed by atoms with Crippen LogP contribution in [0.3, 0.4) is 0 Å². The molecule has 1 aliphatic rings. The van der Waals surface area contributed by atoms with Gasteiger partial charge in [-0.25, -0.2) is 4.99 Å². The van der Waals surface area contributed by atoms with Gasteiger partial charge in [-0.3, -0.25) is 4.79 Å². The predicted molar refractivity (Wildman–Crippen MR) is 135 cm³/mol. The van der Waals surface area contributed by atoms with E-state index in [1.807, 2.05) is 31.2 Å². The van der Waals surface area contributed by atoms with Crippen molar-refractivity contribution >= 4 is 41.5 Å². The molecule has 30 heavy (non-hydrogen) atoms. The number of anilines is 1. The van der Waals surface area contributed by atoms with E-state index in [1.54, 1.807) is 0 Å². The number of piperazine rings is 1. The van der Waals surface area contributed by atoms with Gasteiger partial charge in [0, 0.05) is 50.5 Å². The van der Waals surface area contributed by atoms with Crippen molar-refractivity contribution in [1.82, 2.24) is 15.5 Å². The second kappa shape index (κ2) is 12.4. The first-order valence-corrected chi connectivity index (χ1v) is 10.4. The first kappa shape index (κ1) is 24.0. The van der Waals surface area contributed by atoms with Crippen molar-refractivity contribution in [1.29, 1.82) is 0 Å². The molecule has 6 nitrogen and oxygen atoms in total. The van der Waals surface area contributed by atoms with E-state index in [4.69, 9.17) is 4.99 Å². The molecule has 2 aromatic carbocycles. The van der Waals surface area contributed by atoms with Crippen LogP contribution in [0.4, 0.5) is 5.69 Å². The minimum atomic E-state index is -0.0396. The number of carbonyl (C=O) groups is 1. The highest BCUT2D eigenvalue weighted by molar-refractivity contribution is 14.0. The zero-order valence-electron chi connectivity index (χ0n) is 17.8. The van der Waals surface area contributed by atoms with Crippen LogP contribution in [0.25, 0.3) is 0 Å². The van der Waals surface area contributed by atoms with Crippen molar-refractivity contribution in [2.45, 2.75) is 20.4 Å². The number of benzene rings is 2. The smallest absolute Gasteiger partial charge is 0.251 e. The van der Waals surface area contributed by atoms with Gasteiger partial charge in [0.1, 0.15) is 0 Å². The maximum absolute atomic E-state index is 12.1. The summed E-state index contributed by atoms with van der Waals surface area (Å²) in [5, 5.41) is 6.26. The Kier molecular flexibility index (Phi) is 9.93. The SMILES string of the molecule is CCNC(=O)c1cccc(CN=C(NCC)N2CCN(c3ccccc3)CC2)c1.I. The lowest BCUT2D eigenvalue weighted by molar-refractivity contribution is 0.0955. The first-order chi connectivity index (χ1) is 14.2. The van der Waals surface area contributed by atoms with Gasteiger partial charge >= 0.3 is 0 Å². The molecule has 2 aromatic rings. The second-order valence-electron chi connectivity index (χ2n) is 7.04. The molecule has 1 heterocycles. The van der Waals surface area contributed by atoms with Crippen molar-refractivity contribution < 1.29 is 4.79 Å². The molecule has 0 spiro atoms. The summed E-state index contributed by atoms with van der Waals surface area (Å²) < 4.78 is 0. The molecule has 162 valence electrons. The normalized spacial score (nSPS) is 14.1. The number of hydrogen-bond acceptors (Lipinski definition) is 3. The van der Waals surface area contributed by atoms with Crippen LogP contribution in [0.2, 0.25) is 0 Å². The number of nitrogens with one attached hydrogen (secondary N) is 2. The fourth-order valence-electron chi connectivity index (χ4n) is 3.48. The molecular weight excluding hydrogens is 489 g/mol. The number of rotatable bonds is 6. The lowest BCUT2D eigenvalue weighted by Crippen LogP contribution is -2.52. The minimum Gasteiger partial charge on any atom is -0.368 e. The lowest BCUT2D eigenvalue weighted by Gasteiger charge is -2.37. The molecule has 1 saturated heterocycles. The van der Waals surface area contributed by atoms with Gasteiger partial charge in [0.25, 0.3) is 5.91 Å². The Hall–Kier alpha value is -2.29. The van der Waals surface area contributed by atoms with Crippen LogP contribution >= 0.6 is 24.0 Å². The third kappa shape index (κ3) is 6.62. The van der Waals surface area contributed by atoms with Gasteiger partial charge in [0.05, 0.1) is 6.54 Å². The molecule has 0 bridgehead atoms. The van der Waals surface area contributed by atoms with E-state index in [2.05, 4.69) is 57.7 Å². The summed E-state index contributed by atoms with van der Waals surface area (Å²) >= 11 is 0. The average Bonchev–Trinajstić information content (AvgIpc) is 2.78. The molecule has 1 fully saturated rings. The number of halogens is 1. The number of hydrogen-bond donors (Lipinski definition) is 2. The Morgan fingerprint density at radius 3 is 2.30 bits per heavy atom. The largest absolute Gasteiger partial charge is 0.368 e. The molecule has 0 saturated carbocycles. The molecule has 1 amide bonds. The van der Waals surface area contributed by atoms with E-state index in [0.717, 1.165) is 44.2 Å². The standard InChI is InChI=1S/C23H31N5O.HI/c1-3-24-22(29)20-10-8-9-19(17-20)18-26-23(25-4-2)28-15-13-27(14-16-28)21-11-6-5-7-12-21;/h5-12,17H,3-4,13-16,18H2,1-2H3,(H,24,29)(H,25,26);1H. The van der Waals surface area contributed by atoms with Crippen LogP contribution in [0.5, 0.6) is 0 Å². The highest BCUT2D eigenvalue weighted by atomic mass is 127. The maximum atomic E-state index is 12.1.